The molecule has 0 saturated heterocycles. The van der Waals surface area contributed by atoms with E-state index in [0.29, 0.717) is 16.9 Å². The van der Waals surface area contributed by atoms with Gasteiger partial charge in [-0.25, -0.2) is 4.79 Å². The van der Waals surface area contributed by atoms with Gasteiger partial charge in [-0.05, 0) is 46.3 Å². The second-order valence-electron chi connectivity index (χ2n) is 4.71. The maximum absolute atomic E-state index is 12.2. The molecule has 1 aromatic carbocycles. The number of rotatable bonds is 4. The molecule has 0 unspecified atom stereocenters. The molecule has 5 nitrogen and oxygen atoms in total. The third-order valence-electron chi connectivity index (χ3n) is 2.86. The minimum absolute atomic E-state index is 0.119. The first-order chi connectivity index (χ1) is 9.97. The Kier molecular flexibility index (Phi) is 4.80. The standard InChI is InChI=1S/C15H16BrN3O2/c1-19(2)14-6-4-11(17)7-13(14)15(20)21-9-12-5-3-10(16)8-18-12/h3-8H,9,17H2,1-2H3. The minimum atomic E-state index is -0.421. The Balaban J connectivity index is 2.13. The van der Waals surface area contributed by atoms with Crippen LogP contribution in [-0.4, -0.2) is 25.0 Å². The summed E-state index contributed by atoms with van der Waals surface area (Å²) in [6.45, 7) is 0.119. The van der Waals surface area contributed by atoms with E-state index in [0.717, 1.165) is 10.2 Å². The Hall–Kier alpha value is -2.08. The van der Waals surface area contributed by atoms with Gasteiger partial charge in [-0.1, -0.05) is 0 Å². The molecular formula is C15H16BrN3O2. The summed E-state index contributed by atoms with van der Waals surface area (Å²) >= 11 is 3.31. The predicted octanol–water partition coefficient (Wildman–Crippen LogP) is 2.85. The average molecular weight is 350 g/mol. The molecule has 6 heteroatoms. The van der Waals surface area contributed by atoms with Crippen molar-refractivity contribution in [2.75, 3.05) is 24.7 Å². The zero-order valence-electron chi connectivity index (χ0n) is 11.8. The number of ether oxygens (including phenoxy) is 1. The van der Waals surface area contributed by atoms with Gasteiger partial charge in [0.05, 0.1) is 16.9 Å². The number of carbonyl (C=O) groups is 1. The molecule has 0 aliphatic rings. The predicted molar refractivity (Wildman–Crippen MR) is 86.2 cm³/mol. The average Bonchev–Trinajstić information content (AvgIpc) is 2.46. The molecule has 21 heavy (non-hydrogen) atoms. The van der Waals surface area contributed by atoms with E-state index in [9.17, 15) is 4.79 Å². The zero-order chi connectivity index (χ0) is 15.4. The smallest absolute Gasteiger partial charge is 0.340 e. The third kappa shape index (κ3) is 3.95. The highest BCUT2D eigenvalue weighted by molar-refractivity contribution is 9.10. The fourth-order valence-electron chi connectivity index (χ4n) is 1.82. The summed E-state index contributed by atoms with van der Waals surface area (Å²) in [6, 6.07) is 8.81. The Morgan fingerprint density at radius 1 is 1.33 bits per heavy atom. The summed E-state index contributed by atoms with van der Waals surface area (Å²) in [7, 11) is 3.72. The van der Waals surface area contributed by atoms with Crippen molar-refractivity contribution in [1.29, 1.82) is 0 Å². The monoisotopic (exact) mass is 349 g/mol. The number of nitrogens with two attached hydrogens (primary N) is 1. The molecule has 1 heterocycles. The van der Waals surface area contributed by atoms with E-state index in [2.05, 4.69) is 20.9 Å². The normalized spacial score (nSPS) is 10.2. The summed E-state index contributed by atoms with van der Waals surface area (Å²) < 4.78 is 6.18. The minimum Gasteiger partial charge on any atom is -0.456 e. The van der Waals surface area contributed by atoms with Gasteiger partial charge < -0.3 is 15.4 Å². The van der Waals surface area contributed by atoms with Gasteiger partial charge in [0.15, 0.2) is 0 Å². The van der Waals surface area contributed by atoms with E-state index in [1.165, 1.54) is 0 Å². The molecule has 0 aliphatic carbocycles. The molecular weight excluding hydrogens is 334 g/mol. The molecule has 0 fully saturated rings. The van der Waals surface area contributed by atoms with Crippen LogP contribution in [-0.2, 0) is 11.3 Å². The number of hydrogen-bond acceptors (Lipinski definition) is 5. The molecule has 0 aliphatic heterocycles. The fourth-order valence-corrected chi connectivity index (χ4v) is 2.05. The molecule has 2 N–H and O–H groups in total. The lowest BCUT2D eigenvalue weighted by Crippen LogP contribution is -2.16. The van der Waals surface area contributed by atoms with Crippen LogP contribution in [0.2, 0.25) is 0 Å². The first kappa shape index (κ1) is 15.3. The molecule has 2 aromatic rings. The van der Waals surface area contributed by atoms with Crippen LogP contribution in [0.5, 0.6) is 0 Å². The van der Waals surface area contributed by atoms with Crippen molar-refractivity contribution in [3.8, 4) is 0 Å². The van der Waals surface area contributed by atoms with Gasteiger partial charge in [-0.15, -0.1) is 0 Å². The highest BCUT2D eigenvalue weighted by Crippen LogP contribution is 2.22. The van der Waals surface area contributed by atoms with Crippen molar-refractivity contribution in [1.82, 2.24) is 4.98 Å². The number of anilines is 2. The van der Waals surface area contributed by atoms with Crippen LogP contribution in [0.25, 0.3) is 0 Å². The molecule has 0 bridgehead atoms. The second kappa shape index (κ2) is 6.58. The van der Waals surface area contributed by atoms with Gasteiger partial charge in [0.2, 0.25) is 0 Å². The molecule has 0 atom stereocenters. The first-order valence-electron chi connectivity index (χ1n) is 6.32. The summed E-state index contributed by atoms with van der Waals surface area (Å²) in [5.41, 5.74) is 8.15. The quantitative estimate of drug-likeness (QED) is 0.678. The lowest BCUT2D eigenvalue weighted by molar-refractivity contribution is 0.0468. The van der Waals surface area contributed by atoms with Crippen LogP contribution < -0.4 is 10.6 Å². The van der Waals surface area contributed by atoms with Crippen LogP contribution in [0.3, 0.4) is 0 Å². The van der Waals surface area contributed by atoms with Gasteiger partial charge in [0, 0.05) is 30.5 Å². The van der Waals surface area contributed by atoms with Crippen molar-refractivity contribution in [2.45, 2.75) is 6.61 Å². The number of halogens is 1. The number of esters is 1. The van der Waals surface area contributed by atoms with Crippen molar-refractivity contribution in [3.05, 3.63) is 52.3 Å². The summed E-state index contributed by atoms with van der Waals surface area (Å²) in [5.74, 6) is -0.421. The topological polar surface area (TPSA) is 68.5 Å². The van der Waals surface area contributed by atoms with Crippen molar-refractivity contribution in [3.63, 3.8) is 0 Å². The molecule has 0 saturated carbocycles. The SMILES string of the molecule is CN(C)c1ccc(N)cc1C(=O)OCc1ccc(Br)cn1. The molecule has 0 amide bonds. The van der Waals surface area contributed by atoms with E-state index in [1.54, 1.807) is 30.5 Å². The molecule has 0 spiro atoms. The van der Waals surface area contributed by atoms with Crippen LogP contribution in [0.15, 0.2) is 41.0 Å². The van der Waals surface area contributed by atoms with E-state index in [4.69, 9.17) is 10.5 Å². The number of benzene rings is 1. The second-order valence-corrected chi connectivity index (χ2v) is 5.63. The lowest BCUT2D eigenvalue weighted by Gasteiger charge is -2.17. The zero-order valence-corrected chi connectivity index (χ0v) is 13.4. The molecule has 110 valence electrons. The first-order valence-corrected chi connectivity index (χ1v) is 7.11. The number of carbonyl (C=O) groups excluding carboxylic acids is 1. The number of pyridine rings is 1. The largest absolute Gasteiger partial charge is 0.456 e. The fraction of sp³-hybridized carbons (Fsp3) is 0.200. The van der Waals surface area contributed by atoms with Crippen LogP contribution in [0, 0.1) is 0 Å². The van der Waals surface area contributed by atoms with Gasteiger partial charge in [-0.3, -0.25) is 4.98 Å². The molecule has 2 rings (SSSR count). The van der Waals surface area contributed by atoms with Gasteiger partial charge in [0.25, 0.3) is 0 Å². The van der Waals surface area contributed by atoms with E-state index in [1.807, 2.05) is 25.1 Å². The van der Waals surface area contributed by atoms with E-state index in [-0.39, 0.29) is 6.61 Å². The van der Waals surface area contributed by atoms with Crippen LogP contribution >= 0.6 is 15.9 Å². The Morgan fingerprint density at radius 3 is 2.71 bits per heavy atom. The number of hydrogen-bond donors (Lipinski definition) is 1. The van der Waals surface area contributed by atoms with Gasteiger partial charge in [-0.2, -0.15) is 0 Å². The Bertz CT molecular complexity index is 642. The molecule has 1 aromatic heterocycles. The highest BCUT2D eigenvalue weighted by atomic mass is 79.9. The van der Waals surface area contributed by atoms with Gasteiger partial charge >= 0.3 is 5.97 Å². The van der Waals surface area contributed by atoms with Crippen molar-refractivity contribution >= 4 is 33.3 Å². The van der Waals surface area contributed by atoms with E-state index < -0.39 is 5.97 Å². The van der Waals surface area contributed by atoms with Gasteiger partial charge in [0.1, 0.15) is 6.61 Å². The Labute approximate surface area is 131 Å². The summed E-state index contributed by atoms with van der Waals surface area (Å²) in [4.78, 5) is 18.2. The summed E-state index contributed by atoms with van der Waals surface area (Å²) in [5, 5.41) is 0. The maximum Gasteiger partial charge on any atom is 0.340 e. The number of nitrogens with zero attached hydrogens (tertiary/aromatic N) is 2. The van der Waals surface area contributed by atoms with Crippen molar-refractivity contribution < 1.29 is 9.53 Å². The van der Waals surface area contributed by atoms with E-state index >= 15 is 0 Å². The van der Waals surface area contributed by atoms with Crippen molar-refractivity contribution in [2.24, 2.45) is 0 Å². The highest BCUT2D eigenvalue weighted by Gasteiger charge is 2.15. The Morgan fingerprint density at radius 2 is 2.10 bits per heavy atom. The molecule has 0 radical (unpaired) electrons. The third-order valence-corrected chi connectivity index (χ3v) is 3.33. The number of nitrogen functional groups attached to an aromatic ring is 1. The maximum atomic E-state index is 12.2. The lowest BCUT2D eigenvalue weighted by atomic mass is 10.1. The summed E-state index contributed by atoms with van der Waals surface area (Å²) in [6.07, 6.45) is 1.66. The number of aromatic nitrogens is 1. The van der Waals surface area contributed by atoms with Crippen LogP contribution in [0.4, 0.5) is 11.4 Å². The van der Waals surface area contributed by atoms with Crippen LogP contribution in [0.1, 0.15) is 16.1 Å².